The Hall–Kier alpha value is -3.49. The third-order valence-electron chi connectivity index (χ3n) is 8.16. The van der Waals surface area contributed by atoms with Crippen molar-refractivity contribution in [3.8, 4) is 0 Å². The first kappa shape index (κ1) is 22.7. The van der Waals surface area contributed by atoms with E-state index >= 15 is 0 Å². The second kappa shape index (κ2) is 8.26. The van der Waals surface area contributed by atoms with Crippen LogP contribution in [-0.4, -0.2) is 44.6 Å². The number of nitrogens with zero attached hydrogens (tertiary/aromatic N) is 4. The number of nitrogen functional groups attached to an aromatic ring is 1. The van der Waals surface area contributed by atoms with E-state index in [1.54, 1.807) is 6.33 Å². The Morgan fingerprint density at radius 3 is 2.81 bits per heavy atom. The zero-order chi connectivity index (χ0) is 25.3. The molecule has 0 amide bonds. The van der Waals surface area contributed by atoms with Crippen LogP contribution in [0.1, 0.15) is 49.6 Å². The Bertz CT molecular complexity index is 1560. The van der Waals surface area contributed by atoms with Gasteiger partial charge in [-0.05, 0) is 68.9 Å². The fourth-order valence-electron chi connectivity index (χ4n) is 6.70. The number of ether oxygens (including phenoxy) is 2. The fourth-order valence-corrected chi connectivity index (χ4v) is 6.70. The van der Waals surface area contributed by atoms with Gasteiger partial charge in [-0.15, -0.1) is 0 Å². The zero-order valence-electron chi connectivity index (χ0n) is 21.4. The van der Waals surface area contributed by atoms with Gasteiger partial charge in [0.15, 0.2) is 5.79 Å². The molecule has 4 heterocycles. The predicted octanol–water partition coefficient (Wildman–Crippen LogP) is 4.89. The van der Waals surface area contributed by atoms with Crippen molar-refractivity contribution in [3.63, 3.8) is 0 Å². The van der Waals surface area contributed by atoms with Crippen LogP contribution in [0.25, 0.3) is 28.0 Å². The van der Waals surface area contributed by atoms with E-state index in [0.717, 1.165) is 59.0 Å². The summed E-state index contributed by atoms with van der Waals surface area (Å²) in [7, 11) is 1.93. The number of nitrogens with two attached hydrogens (primary N) is 1. The van der Waals surface area contributed by atoms with E-state index in [1.165, 1.54) is 11.3 Å². The average molecular weight is 497 g/mol. The van der Waals surface area contributed by atoms with Crippen molar-refractivity contribution in [2.75, 3.05) is 18.1 Å². The maximum Gasteiger partial charge on any atom is 0.163 e. The van der Waals surface area contributed by atoms with Gasteiger partial charge in [-0.3, -0.25) is 0 Å². The maximum absolute atomic E-state index is 6.57. The Kier molecular flexibility index (Phi) is 5.07. The van der Waals surface area contributed by atoms with E-state index in [0.29, 0.717) is 5.82 Å². The molecule has 4 atom stereocenters. The predicted molar refractivity (Wildman–Crippen MR) is 145 cm³/mol. The van der Waals surface area contributed by atoms with E-state index in [9.17, 15) is 0 Å². The lowest BCUT2D eigenvalue weighted by molar-refractivity contribution is -0.158. The summed E-state index contributed by atoms with van der Waals surface area (Å²) in [4.78, 5) is 13.8. The summed E-state index contributed by atoms with van der Waals surface area (Å²) in [6.07, 6.45) is 10.3. The van der Waals surface area contributed by atoms with Crippen LogP contribution >= 0.6 is 0 Å². The second-order valence-electron chi connectivity index (χ2n) is 10.9. The molecule has 0 spiro atoms. The van der Waals surface area contributed by atoms with E-state index in [4.69, 9.17) is 20.2 Å². The Balaban J connectivity index is 1.28. The van der Waals surface area contributed by atoms with Crippen molar-refractivity contribution < 1.29 is 9.47 Å². The first-order chi connectivity index (χ1) is 17.9. The first-order valence-corrected chi connectivity index (χ1v) is 13.2. The van der Waals surface area contributed by atoms with Crippen molar-refractivity contribution >= 4 is 39.6 Å². The van der Waals surface area contributed by atoms with Crippen LogP contribution in [0.5, 0.6) is 0 Å². The van der Waals surface area contributed by atoms with Gasteiger partial charge in [-0.2, -0.15) is 0 Å². The fraction of sp³-hybridized carbons (Fsp3) is 0.414. The molecule has 1 aromatic carbocycles. The molecule has 0 unspecified atom stereocenters. The molecule has 1 saturated heterocycles. The molecule has 8 nitrogen and oxygen atoms in total. The molecule has 4 aromatic rings. The van der Waals surface area contributed by atoms with Gasteiger partial charge in [-0.1, -0.05) is 24.3 Å². The summed E-state index contributed by atoms with van der Waals surface area (Å²) in [6, 6.07) is 10.3. The lowest BCUT2D eigenvalue weighted by Crippen LogP contribution is -2.28. The maximum atomic E-state index is 6.57. The first-order valence-electron chi connectivity index (χ1n) is 13.2. The highest BCUT2D eigenvalue weighted by molar-refractivity contribution is 5.92. The Morgan fingerprint density at radius 2 is 1.95 bits per heavy atom. The van der Waals surface area contributed by atoms with E-state index in [1.807, 2.05) is 33.0 Å². The van der Waals surface area contributed by atoms with E-state index < -0.39 is 5.79 Å². The largest absolute Gasteiger partial charge is 0.384 e. The molecule has 3 aromatic heterocycles. The van der Waals surface area contributed by atoms with Crippen molar-refractivity contribution in [2.24, 2.45) is 5.92 Å². The quantitative estimate of drug-likeness (QED) is 0.415. The molecule has 0 bridgehead atoms. The number of benzene rings is 1. The van der Waals surface area contributed by atoms with Gasteiger partial charge in [0.25, 0.3) is 0 Å². The van der Waals surface area contributed by atoms with Crippen molar-refractivity contribution in [2.45, 2.75) is 63.6 Å². The number of pyridine rings is 1. The number of rotatable bonds is 4. The molecule has 7 rings (SSSR count). The molecule has 190 valence electrons. The average Bonchev–Trinajstić information content (AvgIpc) is 3.62. The minimum Gasteiger partial charge on any atom is -0.384 e. The van der Waals surface area contributed by atoms with Crippen LogP contribution in [0.15, 0.2) is 42.7 Å². The molecule has 3 N–H and O–H groups in total. The summed E-state index contributed by atoms with van der Waals surface area (Å²) < 4.78 is 15.5. The highest BCUT2D eigenvalue weighted by Crippen LogP contribution is 2.50. The highest BCUT2D eigenvalue weighted by Gasteiger charge is 2.54. The van der Waals surface area contributed by atoms with Crippen molar-refractivity contribution in [3.05, 3.63) is 59.6 Å². The smallest absolute Gasteiger partial charge is 0.163 e. The molecular weight excluding hydrogens is 464 g/mol. The topological polar surface area (TPSA) is 100 Å². The van der Waals surface area contributed by atoms with Gasteiger partial charge in [0.05, 0.1) is 23.0 Å². The number of nitrogens with one attached hydrogen (secondary N) is 1. The number of aryl methyl sites for hydroxylation is 1. The number of aromatic nitrogens is 4. The standard InChI is InChI=1S/C29H32N6O2/c1-29(2)36-25-18(10-8-16-7-9-17-11-12-23(30)34-20(17)13-16)14-22(26(25)37-29)35-21-6-4-5-19(21)24-27(31-3)32-15-33-28(24)35/h7-13,15,18,22,25-26H,4-6,14H2,1-3H3,(H2,30,34)(H,31,32,33)/b10-8+/t18-,22+,25+,26-/m0/s1. The van der Waals surface area contributed by atoms with Gasteiger partial charge in [0.1, 0.15) is 29.7 Å². The monoisotopic (exact) mass is 496 g/mol. The number of hydrogen-bond acceptors (Lipinski definition) is 7. The van der Waals surface area contributed by atoms with Crippen LogP contribution in [0, 0.1) is 5.92 Å². The summed E-state index contributed by atoms with van der Waals surface area (Å²) >= 11 is 0. The van der Waals surface area contributed by atoms with E-state index in [2.05, 4.69) is 50.2 Å². The lowest BCUT2D eigenvalue weighted by atomic mass is 10.0. The number of fused-ring (bicyclic) bond motifs is 5. The van der Waals surface area contributed by atoms with E-state index in [-0.39, 0.29) is 24.2 Å². The van der Waals surface area contributed by atoms with Gasteiger partial charge in [-0.25, -0.2) is 15.0 Å². The van der Waals surface area contributed by atoms with Gasteiger partial charge in [0.2, 0.25) is 0 Å². The minimum absolute atomic E-state index is 0.0226. The Labute approximate surface area is 215 Å². The van der Waals surface area contributed by atoms with Crippen LogP contribution in [0.3, 0.4) is 0 Å². The lowest BCUT2D eigenvalue weighted by Gasteiger charge is -2.25. The normalized spacial score (nSPS) is 26.4. The molecule has 8 heteroatoms. The highest BCUT2D eigenvalue weighted by atomic mass is 16.8. The molecule has 37 heavy (non-hydrogen) atoms. The molecule has 0 radical (unpaired) electrons. The third-order valence-corrected chi connectivity index (χ3v) is 8.16. The molecule has 1 saturated carbocycles. The third kappa shape index (κ3) is 3.61. The van der Waals surface area contributed by atoms with Crippen LogP contribution in [0.2, 0.25) is 0 Å². The minimum atomic E-state index is -0.623. The molecule has 1 aliphatic heterocycles. The SMILES string of the molecule is CNc1ncnc2c1c1c(n2[C@@H]2C[C@H](/C=C/c3ccc4ccc(N)nc4c3)[C@H]3OC(C)(C)O[C@H]32)CCC1. The summed E-state index contributed by atoms with van der Waals surface area (Å²) in [5.41, 5.74) is 11.7. The number of hydrogen-bond donors (Lipinski definition) is 2. The molecule has 3 aliphatic rings. The van der Waals surface area contributed by atoms with Gasteiger partial charge in [0, 0.05) is 24.0 Å². The zero-order valence-corrected chi connectivity index (χ0v) is 21.4. The number of anilines is 2. The Morgan fingerprint density at radius 1 is 1.11 bits per heavy atom. The van der Waals surface area contributed by atoms with Gasteiger partial charge >= 0.3 is 0 Å². The summed E-state index contributed by atoms with van der Waals surface area (Å²) in [6.45, 7) is 4.03. The summed E-state index contributed by atoms with van der Waals surface area (Å²) in [5.74, 6) is 1.02. The van der Waals surface area contributed by atoms with Crippen LogP contribution in [-0.2, 0) is 22.3 Å². The van der Waals surface area contributed by atoms with Crippen molar-refractivity contribution in [1.82, 2.24) is 19.5 Å². The van der Waals surface area contributed by atoms with Crippen molar-refractivity contribution in [1.29, 1.82) is 0 Å². The second-order valence-corrected chi connectivity index (χ2v) is 10.9. The van der Waals surface area contributed by atoms with Gasteiger partial charge < -0.3 is 25.1 Å². The molecule has 2 aliphatic carbocycles. The molecular formula is C29H32N6O2. The molecule has 2 fully saturated rings. The van der Waals surface area contributed by atoms with Crippen LogP contribution in [0.4, 0.5) is 11.6 Å². The summed E-state index contributed by atoms with van der Waals surface area (Å²) in [5, 5.41) is 5.52. The van der Waals surface area contributed by atoms with Crippen LogP contribution < -0.4 is 11.1 Å².